The number of hydrogen-bond donors (Lipinski definition) is 1. The molecular formula is C26H20N4O2. The highest BCUT2D eigenvalue weighted by molar-refractivity contribution is 6.07. The van der Waals surface area contributed by atoms with Gasteiger partial charge in [0.15, 0.2) is 0 Å². The predicted octanol–water partition coefficient (Wildman–Crippen LogP) is 3.92. The van der Waals surface area contributed by atoms with Gasteiger partial charge in [-0.2, -0.15) is 5.10 Å². The quantitative estimate of drug-likeness (QED) is 0.468. The summed E-state index contributed by atoms with van der Waals surface area (Å²) in [6, 6.07) is 26.3. The molecule has 2 aromatic heterocycles. The van der Waals surface area contributed by atoms with E-state index in [1.165, 1.54) is 4.68 Å². The van der Waals surface area contributed by atoms with E-state index in [0.29, 0.717) is 16.6 Å². The van der Waals surface area contributed by atoms with Crippen LogP contribution in [-0.2, 0) is 13.1 Å². The first-order chi connectivity index (χ1) is 15.7. The topological polar surface area (TPSA) is 76.9 Å². The molecular weight excluding hydrogens is 400 g/mol. The Balaban J connectivity index is 1.49. The molecule has 156 valence electrons. The molecule has 1 amide bonds. The largest absolute Gasteiger partial charge is 0.346 e. The van der Waals surface area contributed by atoms with Crippen molar-refractivity contribution in [2.24, 2.45) is 0 Å². The summed E-state index contributed by atoms with van der Waals surface area (Å²) in [7, 11) is 0. The summed E-state index contributed by atoms with van der Waals surface area (Å²) in [5, 5.41) is 10.7. The molecule has 0 atom stereocenters. The van der Waals surface area contributed by atoms with Gasteiger partial charge in [0.1, 0.15) is 0 Å². The number of pyridine rings is 1. The van der Waals surface area contributed by atoms with Gasteiger partial charge in [-0.05, 0) is 35.0 Å². The molecule has 0 aliphatic rings. The standard InChI is InChI=1S/C26H20N4O2/c31-25(22-14-7-9-18-8-1-2-11-20(18)22)28-16-24-21-12-3-4-13-23(21)26(32)30(29-24)17-19-10-5-6-15-27-19/h1-15H,16-17H2,(H,28,31). The first-order valence-electron chi connectivity index (χ1n) is 10.4. The highest BCUT2D eigenvalue weighted by Gasteiger charge is 2.14. The van der Waals surface area contributed by atoms with Crippen LogP contribution in [0.4, 0.5) is 0 Å². The number of benzene rings is 3. The Labute approximate surface area is 184 Å². The van der Waals surface area contributed by atoms with Crippen molar-refractivity contribution >= 4 is 27.5 Å². The zero-order valence-corrected chi connectivity index (χ0v) is 17.2. The van der Waals surface area contributed by atoms with Crippen molar-refractivity contribution in [3.8, 4) is 0 Å². The maximum atomic E-state index is 13.0. The third-order valence-corrected chi connectivity index (χ3v) is 5.43. The monoisotopic (exact) mass is 420 g/mol. The molecule has 0 bridgehead atoms. The van der Waals surface area contributed by atoms with Crippen molar-refractivity contribution in [1.29, 1.82) is 0 Å². The molecule has 6 nitrogen and oxygen atoms in total. The molecule has 5 aromatic rings. The summed E-state index contributed by atoms with van der Waals surface area (Å²) >= 11 is 0. The van der Waals surface area contributed by atoms with E-state index in [4.69, 9.17) is 0 Å². The minimum absolute atomic E-state index is 0.185. The molecule has 0 aliphatic carbocycles. The Morgan fingerprint density at radius 1 is 0.812 bits per heavy atom. The van der Waals surface area contributed by atoms with Crippen LogP contribution < -0.4 is 10.9 Å². The first kappa shape index (κ1) is 19.6. The van der Waals surface area contributed by atoms with Crippen molar-refractivity contribution in [3.63, 3.8) is 0 Å². The second-order valence-corrected chi connectivity index (χ2v) is 7.49. The van der Waals surface area contributed by atoms with E-state index in [1.807, 2.05) is 78.9 Å². The van der Waals surface area contributed by atoms with Crippen LogP contribution in [0.3, 0.4) is 0 Å². The van der Waals surface area contributed by atoms with Crippen molar-refractivity contribution in [2.45, 2.75) is 13.1 Å². The number of nitrogens with one attached hydrogen (secondary N) is 1. The number of aromatic nitrogens is 3. The lowest BCUT2D eigenvalue weighted by Gasteiger charge is -2.12. The van der Waals surface area contributed by atoms with Gasteiger partial charge in [-0.3, -0.25) is 14.6 Å². The van der Waals surface area contributed by atoms with E-state index in [9.17, 15) is 9.59 Å². The van der Waals surface area contributed by atoms with Crippen LogP contribution in [0.15, 0.2) is 95.9 Å². The van der Waals surface area contributed by atoms with Gasteiger partial charge in [-0.15, -0.1) is 0 Å². The van der Waals surface area contributed by atoms with E-state index in [2.05, 4.69) is 15.4 Å². The Kier molecular flexibility index (Phi) is 5.17. The van der Waals surface area contributed by atoms with E-state index in [-0.39, 0.29) is 24.6 Å². The van der Waals surface area contributed by atoms with Gasteiger partial charge in [-0.25, -0.2) is 4.68 Å². The molecule has 1 N–H and O–H groups in total. The SMILES string of the molecule is O=C(NCc1nn(Cc2ccccn2)c(=O)c2ccccc12)c1cccc2ccccc12. The molecule has 5 rings (SSSR count). The summed E-state index contributed by atoms with van der Waals surface area (Å²) < 4.78 is 1.41. The first-order valence-corrected chi connectivity index (χ1v) is 10.4. The zero-order valence-electron chi connectivity index (χ0n) is 17.2. The molecule has 0 spiro atoms. The molecule has 3 aromatic carbocycles. The molecule has 0 saturated carbocycles. The van der Waals surface area contributed by atoms with E-state index in [1.54, 1.807) is 12.3 Å². The van der Waals surface area contributed by atoms with Crippen LogP contribution in [0.25, 0.3) is 21.5 Å². The summed E-state index contributed by atoms with van der Waals surface area (Å²) in [4.78, 5) is 30.3. The molecule has 0 saturated heterocycles. The van der Waals surface area contributed by atoms with E-state index < -0.39 is 0 Å². The third kappa shape index (κ3) is 3.74. The maximum Gasteiger partial charge on any atom is 0.275 e. The van der Waals surface area contributed by atoms with E-state index in [0.717, 1.165) is 21.9 Å². The fraction of sp³-hybridized carbons (Fsp3) is 0.0769. The van der Waals surface area contributed by atoms with Gasteiger partial charge >= 0.3 is 0 Å². The summed E-state index contributed by atoms with van der Waals surface area (Å²) in [5.74, 6) is -0.185. The number of fused-ring (bicyclic) bond motifs is 2. The van der Waals surface area contributed by atoms with Gasteiger partial charge in [-0.1, -0.05) is 60.7 Å². The number of hydrogen-bond acceptors (Lipinski definition) is 4. The fourth-order valence-electron chi connectivity index (χ4n) is 3.87. The summed E-state index contributed by atoms with van der Waals surface area (Å²) in [6.07, 6.45) is 1.69. The molecule has 6 heteroatoms. The van der Waals surface area contributed by atoms with Crippen LogP contribution in [0.2, 0.25) is 0 Å². The second kappa shape index (κ2) is 8.43. The molecule has 0 unspecified atom stereocenters. The predicted molar refractivity (Wildman–Crippen MR) is 124 cm³/mol. The van der Waals surface area contributed by atoms with Crippen LogP contribution in [0, 0.1) is 0 Å². The van der Waals surface area contributed by atoms with Crippen molar-refractivity contribution in [2.75, 3.05) is 0 Å². The van der Waals surface area contributed by atoms with Crippen LogP contribution in [-0.4, -0.2) is 20.7 Å². The number of carbonyl (C=O) groups is 1. The highest BCUT2D eigenvalue weighted by Crippen LogP contribution is 2.19. The number of rotatable bonds is 5. The number of carbonyl (C=O) groups excluding carboxylic acids is 1. The minimum Gasteiger partial charge on any atom is -0.346 e. The number of amides is 1. The zero-order chi connectivity index (χ0) is 21.9. The summed E-state index contributed by atoms with van der Waals surface area (Å²) in [6.45, 7) is 0.458. The maximum absolute atomic E-state index is 13.0. The van der Waals surface area contributed by atoms with Gasteiger partial charge in [0.2, 0.25) is 0 Å². The number of nitrogens with zero attached hydrogens (tertiary/aromatic N) is 3. The average molecular weight is 420 g/mol. The Morgan fingerprint density at radius 3 is 2.34 bits per heavy atom. The lowest BCUT2D eigenvalue weighted by molar-refractivity contribution is 0.0952. The molecule has 2 heterocycles. The van der Waals surface area contributed by atoms with Crippen LogP contribution >= 0.6 is 0 Å². The minimum atomic E-state index is -0.185. The van der Waals surface area contributed by atoms with Crippen LogP contribution in [0.1, 0.15) is 21.7 Å². The van der Waals surface area contributed by atoms with Gasteiger partial charge in [0.05, 0.1) is 29.9 Å². The van der Waals surface area contributed by atoms with Gasteiger partial charge in [0.25, 0.3) is 11.5 Å². The van der Waals surface area contributed by atoms with E-state index >= 15 is 0 Å². The summed E-state index contributed by atoms with van der Waals surface area (Å²) in [5.41, 5.74) is 1.79. The normalized spacial score (nSPS) is 11.0. The average Bonchev–Trinajstić information content (AvgIpc) is 2.85. The smallest absolute Gasteiger partial charge is 0.275 e. The fourth-order valence-corrected chi connectivity index (χ4v) is 3.87. The lowest BCUT2D eigenvalue weighted by atomic mass is 10.0. The highest BCUT2D eigenvalue weighted by atomic mass is 16.1. The Morgan fingerprint density at radius 2 is 1.53 bits per heavy atom. The molecule has 0 radical (unpaired) electrons. The molecule has 0 fully saturated rings. The van der Waals surface area contributed by atoms with Crippen molar-refractivity contribution in [3.05, 3.63) is 118 Å². The molecule has 0 aliphatic heterocycles. The lowest BCUT2D eigenvalue weighted by Crippen LogP contribution is -2.29. The van der Waals surface area contributed by atoms with Gasteiger partial charge < -0.3 is 5.32 Å². The second-order valence-electron chi connectivity index (χ2n) is 7.49. The van der Waals surface area contributed by atoms with Crippen molar-refractivity contribution in [1.82, 2.24) is 20.1 Å². The Bertz CT molecular complexity index is 1490. The van der Waals surface area contributed by atoms with Gasteiger partial charge in [0, 0.05) is 17.1 Å². The van der Waals surface area contributed by atoms with Crippen LogP contribution in [0.5, 0.6) is 0 Å². The van der Waals surface area contributed by atoms with Crippen molar-refractivity contribution < 1.29 is 4.79 Å². The third-order valence-electron chi connectivity index (χ3n) is 5.43. The Hall–Kier alpha value is -4.32. The molecule has 32 heavy (non-hydrogen) atoms.